The van der Waals surface area contributed by atoms with Gasteiger partial charge in [0.05, 0.1) is 20.6 Å². The van der Waals surface area contributed by atoms with Crippen molar-refractivity contribution < 1.29 is 19.4 Å². The van der Waals surface area contributed by atoms with E-state index in [2.05, 4.69) is 5.32 Å². The van der Waals surface area contributed by atoms with Crippen molar-refractivity contribution in [3.8, 4) is 11.5 Å². The monoisotopic (exact) mass is 315 g/mol. The second-order valence-corrected chi connectivity index (χ2v) is 5.13. The molecule has 2 rings (SSSR count). The molecule has 23 heavy (non-hydrogen) atoms. The molecule has 0 aliphatic rings. The van der Waals surface area contributed by atoms with Gasteiger partial charge >= 0.3 is 5.97 Å². The molecule has 0 saturated heterocycles. The number of carbonyl (C=O) groups is 1. The van der Waals surface area contributed by atoms with E-state index in [9.17, 15) is 9.90 Å². The van der Waals surface area contributed by atoms with Gasteiger partial charge in [-0.1, -0.05) is 36.4 Å². The number of hydrogen-bond acceptors (Lipinski definition) is 4. The normalized spacial score (nSPS) is 11.7. The molecular formula is C18H21NO4. The van der Waals surface area contributed by atoms with Crippen LogP contribution in [-0.2, 0) is 11.3 Å². The summed E-state index contributed by atoms with van der Waals surface area (Å²) < 4.78 is 10.5. The van der Waals surface area contributed by atoms with Crippen molar-refractivity contribution in [2.75, 3.05) is 14.2 Å². The highest BCUT2D eigenvalue weighted by molar-refractivity contribution is 5.68. The van der Waals surface area contributed by atoms with Gasteiger partial charge in [-0.15, -0.1) is 0 Å². The van der Waals surface area contributed by atoms with E-state index >= 15 is 0 Å². The van der Waals surface area contributed by atoms with E-state index in [1.165, 1.54) is 0 Å². The summed E-state index contributed by atoms with van der Waals surface area (Å²) >= 11 is 0. The van der Waals surface area contributed by atoms with Gasteiger partial charge in [-0.2, -0.15) is 0 Å². The van der Waals surface area contributed by atoms with Crippen LogP contribution in [0.3, 0.4) is 0 Å². The third-order valence-electron chi connectivity index (χ3n) is 3.58. The van der Waals surface area contributed by atoms with Crippen molar-refractivity contribution in [2.24, 2.45) is 0 Å². The second kappa shape index (κ2) is 8.19. The van der Waals surface area contributed by atoms with Gasteiger partial charge in [0.25, 0.3) is 0 Å². The van der Waals surface area contributed by atoms with Crippen molar-refractivity contribution >= 4 is 5.97 Å². The van der Waals surface area contributed by atoms with Crippen LogP contribution in [-0.4, -0.2) is 25.3 Å². The molecule has 2 aromatic rings. The van der Waals surface area contributed by atoms with Gasteiger partial charge in [-0.3, -0.25) is 4.79 Å². The summed E-state index contributed by atoms with van der Waals surface area (Å²) in [5, 5.41) is 12.5. The number of rotatable bonds is 8. The number of hydrogen-bond donors (Lipinski definition) is 2. The minimum atomic E-state index is -0.856. The summed E-state index contributed by atoms with van der Waals surface area (Å²) in [6.07, 6.45) is -0.0116. The average Bonchev–Trinajstić information content (AvgIpc) is 2.58. The quantitative estimate of drug-likeness (QED) is 0.784. The highest BCUT2D eigenvalue weighted by Crippen LogP contribution is 2.31. The van der Waals surface area contributed by atoms with Crippen LogP contribution in [0.25, 0.3) is 0 Å². The molecule has 0 amide bonds. The Kier molecular flexibility index (Phi) is 6.00. The van der Waals surface area contributed by atoms with Gasteiger partial charge in [0.1, 0.15) is 0 Å². The highest BCUT2D eigenvalue weighted by Gasteiger charge is 2.17. The average molecular weight is 315 g/mol. The molecule has 0 bridgehead atoms. The van der Waals surface area contributed by atoms with E-state index in [1.54, 1.807) is 20.3 Å². The number of carboxylic acids is 1. The minimum Gasteiger partial charge on any atom is -0.493 e. The van der Waals surface area contributed by atoms with Crippen LogP contribution in [0, 0.1) is 0 Å². The highest BCUT2D eigenvalue weighted by atomic mass is 16.5. The summed E-state index contributed by atoms with van der Waals surface area (Å²) in [5.74, 6) is 0.348. The number of aliphatic carboxylic acids is 1. The molecule has 0 heterocycles. The first kappa shape index (κ1) is 16.8. The zero-order valence-electron chi connectivity index (χ0n) is 13.3. The summed E-state index contributed by atoms with van der Waals surface area (Å²) in [5.41, 5.74) is 1.95. The van der Waals surface area contributed by atoms with Crippen LogP contribution in [0.5, 0.6) is 11.5 Å². The Labute approximate surface area is 135 Å². The fraction of sp³-hybridized carbons (Fsp3) is 0.278. The van der Waals surface area contributed by atoms with Crippen LogP contribution >= 0.6 is 0 Å². The SMILES string of the molecule is COc1ccc([C@@H](CC(=O)O)NCc2ccccc2)cc1OC. The van der Waals surface area contributed by atoms with E-state index in [4.69, 9.17) is 9.47 Å². The number of carboxylic acid groups (broad SMARTS) is 1. The summed E-state index contributed by atoms with van der Waals surface area (Å²) in [7, 11) is 3.13. The third kappa shape index (κ3) is 4.72. The standard InChI is InChI=1S/C18H21NO4/c1-22-16-9-8-14(10-17(16)23-2)15(11-18(20)21)19-12-13-6-4-3-5-7-13/h3-10,15,19H,11-12H2,1-2H3,(H,20,21)/t15-/m1/s1. The summed E-state index contributed by atoms with van der Waals surface area (Å²) in [6, 6.07) is 15.0. The predicted octanol–water partition coefficient (Wildman–Crippen LogP) is 3.01. The molecule has 2 aromatic carbocycles. The molecule has 0 fully saturated rings. The molecule has 0 unspecified atom stereocenters. The van der Waals surface area contributed by atoms with Gasteiger partial charge < -0.3 is 19.9 Å². The van der Waals surface area contributed by atoms with Gasteiger partial charge in [-0.05, 0) is 23.3 Å². The molecule has 5 heteroatoms. The van der Waals surface area contributed by atoms with Gasteiger partial charge in [-0.25, -0.2) is 0 Å². The predicted molar refractivity (Wildman–Crippen MR) is 87.8 cm³/mol. The molecule has 0 aromatic heterocycles. The summed E-state index contributed by atoms with van der Waals surface area (Å²) in [4.78, 5) is 11.2. The lowest BCUT2D eigenvalue weighted by molar-refractivity contribution is -0.137. The van der Waals surface area contributed by atoms with Crippen molar-refractivity contribution in [2.45, 2.75) is 19.0 Å². The molecule has 0 aliphatic carbocycles. The fourth-order valence-corrected chi connectivity index (χ4v) is 2.39. The number of methoxy groups -OCH3 is 2. The molecule has 2 N–H and O–H groups in total. The zero-order chi connectivity index (χ0) is 16.7. The van der Waals surface area contributed by atoms with Crippen LogP contribution in [0.2, 0.25) is 0 Å². The van der Waals surface area contributed by atoms with Gasteiger partial charge in [0.15, 0.2) is 11.5 Å². The first-order valence-corrected chi connectivity index (χ1v) is 7.35. The van der Waals surface area contributed by atoms with Crippen molar-refractivity contribution in [3.63, 3.8) is 0 Å². The number of nitrogens with one attached hydrogen (secondary N) is 1. The minimum absolute atomic E-state index is 0.0116. The van der Waals surface area contributed by atoms with E-state index in [-0.39, 0.29) is 12.5 Å². The zero-order valence-corrected chi connectivity index (χ0v) is 13.3. The molecule has 1 atom stereocenters. The van der Waals surface area contributed by atoms with Crippen molar-refractivity contribution in [1.82, 2.24) is 5.32 Å². The molecule has 5 nitrogen and oxygen atoms in total. The third-order valence-corrected chi connectivity index (χ3v) is 3.58. The fourth-order valence-electron chi connectivity index (χ4n) is 2.39. The maximum absolute atomic E-state index is 11.2. The van der Waals surface area contributed by atoms with Crippen LogP contribution in [0.15, 0.2) is 48.5 Å². The molecular weight excluding hydrogens is 294 g/mol. The molecule has 0 saturated carbocycles. The van der Waals surface area contributed by atoms with Crippen LogP contribution < -0.4 is 14.8 Å². The molecule has 0 aliphatic heterocycles. The summed E-state index contributed by atoms with van der Waals surface area (Å²) in [6.45, 7) is 0.590. The maximum Gasteiger partial charge on any atom is 0.305 e. The number of benzene rings is 2. The van der Waals surface area contributed by atoms with Crippen molar-refractivity contribution in [3.05, 3.63) is 59.7 Å². The van der Waals surface area contributed by atoms with Crippen LogP contribution in [0.4, 0.5) is 0 Å². The van der Waals surface area contributed by atoms with E-state index in [1.807, 2.05) is 42.5 Å². The van der Waals surface area contributed by atoms with E-state index in [0.29, 0.717) is 18.0 Å². The van der Waals surface area contributed by atoms with Crippen molar-refractivity contribution in [1.29, 1.82) is 0 Å². The Morgan fingerprint density at radius 2 is 1.78 bits per heavy atom. The van der Waals surface area contributed by atoms with Gasteiger partial charge in [0.2, 0.25) is 0 Å². The molecule has 0 spiro atoms. The Morgan fingerprint density at radius 1 is 1.09 bits per heavy atom. The Balaban J connectivity index is 2.18. The maximum atomic E-state index is 11.2. The smallest absolute Gasteiger partial charge is 0.305 e. The largest absolute Gasteiger partial charge is 0.493 e. The first-order valence-electron chi connectivity index (χ1n) is 7.35. The van der Waals surface area contributed by atoms with Crippen LogP contribution in [0.1, 0.15) is 23.6 Å². The second-order valence-electron chi connectivity index (χ2n) is 5.13. The lowest BCUT2D eigenvalue weighted by Gasteiger charge is -2.19. The Hall–Kier alpha value is -2.53. The molecule has 122 valence electrons. The Bertz CT molecular complexity index is 643. The first-order chi connectivity index (χ1) is 11.1. The van der Waals surface area contributed by atoms with E-state index < -0.39 is 5.97 Å². The van der Waals surface area contributed by atoms with Gasteiger partial charge in [0, 0.05) is 12.6 Å². The lowest BCUT2D eigenvalue weighted by Crippen LogP contribution is -2.23. The van der Waals surface area contributed by atoms with E-state index in [0.717, 1.165) is 11.1 Å². The molecule has 0 radical (unpaired) electrons. The topological polar surface area (TPSA) is 67.8 Å². The Morgan fingerprint density at radius 3 is 2.39 bits per heavy atom. The number of ether oxygens (including phenoxy) is 2. The lowest BCUT2D eigenvalue weighted by atomic mass is 10.0.